The van der Waals surface area contributed by atoms with Crippen LogP contribution < -0.4 is 0 Å². The third-order valence-corrected chi connectivity index (χ3v) is 6.89. The van der Waals surface area contributed by atoms with Gasteiger partial charge in [0.1, 0.15) is 5.52 Å². The van der Waals surface area contributed by atoms with Crippen molar-refractivity contribution in [3.63, 3.8) is 0 Å². The van der Waals surface area contributed by atoms with E-state index in [1.54, 1.807) is 34.6 Å². The SMILES string of the molecule is Cc1ccc(S(=O)(=O)N2CCN(Cc3nc4cc(Cl)ccc4o3)CC2)cc1. The predicted molar refractivity (Wildman–Crippen MR) is 104 cm³/mol. The second kappa shape index (κ2) is 7.24. The van der Waals surface area contributed by atoms with Gasteiger partial charge in [0.25, 0.3) is 0 Å². The van der Waals surface area contributed by atoms with Gasteiger partial charge in [0.15, 0.2) is 5.58 Å². The van der Waals surface area contributed by atoms with Gasteiger partial charge in [0.05, 0.1) is 11.4 Å². The van der Waals surface area contributed by atoms with Gasteiger partial charge < -0.3 is 4.42 Å². The van der Waals surface area contributed by atoms with Gasteiger partial charge in [-0.2, -0.15) is 4.31 Å². The van der Waals surface area contributed by atoms with Gasteiger partial charge in [0, 0.05) is 31.2 Å². The highest BCUT2D eigenvalue weighted by Gasteiger charge is 2.28. The Morgan fingerprint density at radius 2 is 1.78 bits per heavy atom. The first-order chi connectivity index (χ1) is 12.9. The van der Waals surface area contributed by atoms with Gasteiger partial charge in [-0.05, 0) is 37.3 Å². The number of hydrogen-bond donors (Lipinski definition) is 0. The fourth-order valence-electron chi connectivity index (χ4n) is 3.19. The number of oxazole rings is 1. The Morgan fingerprint density at radius 1 is 1.07 bits per heavy atom. The normalized spacial score (nSPS) is 16.8. The van der Waals surface area contributed by atoms with Gasteiger partial charge in [-0.1, -0.05) is 29.3 Å². The molecule has 0 N–H and O–H groups in total. The number of rotatable bonds is 4. The summed E-state index contributed by atoms with van der Waals surface area (Å²) in [4.78, 5) is 6.96. The molecule has 0 aliphatic carbocycles. The number of halogens is 1. The van der Waals surface area contributed by atoms with Crippen molar-refractivity contribution in [1.29, 1.82) is 0 Å². The summed E-state index contributed by atoms with van der Waals surface area (Å²) in [7, 11) is -3.45. The van der Waals surface area contributed by atoms with Gasteiger partial charge in [-0.25, -0.2) is 13.4 Å². The quantitative estimate of drug-likeness (QED) is 0.666. The van der Waals surface area contributed by atoms with Crippen LogP contribution in [0.1, 0.15) is 11.5 Å². The van der Waals surface area contributed by atoms with Crippen LogP contribution in [0.3, 0.4) is 0 Å². The predicted octanol–water partition coefficient (Wildman–Crippen LogP) is 3.30. The maximum absolute atomic E-state index is 12.8. The molecule has 27 heavy (non-hydrogen) atoms. The first-order valence-corrected chi connectivity index (χ1v) is 10.6. The third kappa shape index (κ3) is 3.87. The van der Waals surface area contributed by atoms with E-state index in [9.17, 15) is 8.42 Å². The zero-order valence-corrected chi connectivity index (χ0v) is 16.5. The minimum absolute atomic E-state index is 0.345. The fourth-order valence-corrected chi connectivity index (χ4v) is 4.78. The molecule has 6 nitrogen and oxygen atoms in total. The van der Waals surface area contributed by atoms with E-state index in [0.717, 1.165) is 11.1 Å². The number of fused-ring (bicyclic) bond motifs is 1. The standard InChI is InChI=1S/C19H20ClN3O3S/c1-14-2-5-16(6-3-14)27(24,25)23-10-8-22(9-11-23)13-19-21-17-12-15(20)4-7-18(17)26-19/h2-7,12H,8-11,13H2,1H3. The number of aryl methyl sites for hydroxylation is 1. The molecular weight excluding hydrogens is 386 g/mol. The Kier molecular flexibility index (Phi) is 4.94. The van der Waals surface area contributed by atoms with Gasteiger partial charge in [-0.3, -0.25) is 4.90 Å². The average molecular weight is 406 g/mol. The Hall–Kier alpha value is -1.93. The van der Waals surface area contributed by atoms with E-state index in [1.807, 2.05) is 19.1 Å². The topological polar surface area (TPSA) is 66.7 Å². The lowest BCUT2D eigenvalue weighted by molar-refractivity contribution is 0.169. The highest BCUT2D eigenvalue weighted by Crippen LogP contribution is 2.22. The summed E-state index contributed by atoms with van der Waals surface area (Å²) in [6, 6.07) is 12.3. The summed E-state index contributed by atoms with van der Waals surface area (Å²) in [6.45, 7) is 4.64. The zero-order valence-electron chi connectivity index (χ0n) is 14.9. The van der Waals surface area contributed by atoms with Crippen molar-refractivity contribution in [1.82, 2.24) is 14.2 Å². The summed E-state index contributed by atoms with van der Waals surface area (Å²) in [5.41, 5.74) is 2.48. The number of hydrogen-bond acceptors (Lipinski definition) is 5. The number of aromatic nitrogens is 1. The molecule has 0 radical (unpaired) electrons. The lowest BCUT2D eigenvalue weighted by Crippen LogP contribution is -2.48. The molecule has 0 amide bonds. The van der Waals surface area contributed by atoms with Crippen molar-refractivity contribution in [2.24, 2.45) is 0 Å². The van der Waals surface area contributed by atoms with E-state index in [-0.39, 0.29) is 0 Å². The molecule has 0 bridgehead atoms. The van der Waals surface area contributed by atoms with Crippen molar-refractivity contribution < 1.29 is 12.8 Å². The highest BCUT2D eigenvalue weighted by atomic mass is 35.5. The van der Waals surface area contributed by atoms with E-state index in [0.29, 0.717) is 54.1 Å². The molecule has 1 saturated heterocycles. The first-order valence-electron chi connectivity index (χ1n) is 8.76. The molecule has 1 fully saturated rings. The Balaban J connectivity index is 1.41. The van der Waals surface area contributed by atoms with Gasteiger partial charge in [0.2, 0.25) is 15.9 Å². The van der Waals surface area contributed by atoms with Crippen LogP contribution in [-0.2, 0) is 16.6 Å². The largest absolute Gasteiger partial charge is 0.439 e. The van der Waals surface area contributed by atoms with Crippen molar-refractivity contribution in [2.75, 3.05) is 26.2 Å². The number of piperazine rings is 1. The summed E-state index contributed by atoms with van der Waals surface area (Å²) < 4.78 is 32.9. The lowest BCUT2D eigenvalue weighted by atomic mass is 10.2. The smallest absolute Gasteiger partial charge is 0.243 e. The van der Waals surface area contributed by atoms with Crippen LogP contribution in [-0.4, -0.2) is 48.8 Å². The highest BCUT2D eigenvalue weighted by molar-refractivity contribution is 7.89. The molecule has 4 rings (SSSR count). The second-order valence-electron chi connectivity index (χ2n) is 6.71. The van der Waals surface area contributed by atoms with Crippen LogP contribution in [0.25, 0.3) is 11.1 Å². The summed E-state index contributed by atoms with van der Waals surface area (Å²) >= 11 is 5.98. The fraction of sp³-hybridized carbons (Fsp3) is 0.316. The minimum atomic E-state index is -3.45. The maximum Gasteiger partial charge on any atom is 0.243 e. The number of sulfonamides is 1. The van der Waals surface area contributed by atoms with Crippen molar-refractivity contribution in [2.45, 2.75) is 18.4 Å². The van der Waals surface area contributed by atoms with Crippen molar-refractivity contribution in [3.8, 4) is 0 Å². The third-order valence-electron chi connectivity index (χ3n) is 4.74. The van der Waals surface area contributed by atoms with E-state index < -0.39 is 10.0 Å². The molecule has 0 spiro atoms. The van der Waals surface area contributed by atoms with E-state index in [4.69, 9.17) is 16.0 Å². The first kappa shape index (κ1) is 18.4. The molecular formula is C19H20ClN3O3S. The maximum atomic E-state index is 12.8. The monoisotopic (exact) mass is 405 g/mol. The van der Waals surface area contributed by atoms with Gasteiger partial charge >= 0.3 is 0 Å². The van der Waals surface area contributed by atoms with E-state index >= 15 is 0 Å². The van der Waals surface area contributed by atoms with Crippen molar-refractivity contribution in [3.05, 3.63) is 58.9 Å². The molecule has 2 heterocycles. The van der Waals surface area contributed by atoms with E-state index in [1.165, 1.54) is 0 Å². The molecule has 0 saturated carbocycles. The number of nitrogens with zero attached hydrogens (tertiary/aromatic N) is 3. The average Bonchev–Trinajstić information content (AvgIpc) is 3.04. The molecule has 1 aliphatic heterocycles. The summed E-state index contributed by atoms with van der Waals surface area (Å²) in [6.07, 6.45) is 0. The summed E-state index contributed by atoms with van der Waals surface area (Å²) in [5.74, 6) is 0.613. The molecule has 0 atom stereocenters. The lowest BCUT2D eigenvalue weighted by Gasteiger charge is -2.33. The van der Waals surface area contributed by atoms with Crippen LogP contribution in [0, 0.1) is 6.92 Å². The summed E-state index contributed by atoms with van der Waals surface area (Å²) in [5, 5.41) is 0.622. The molecule has 1 aromatic heterocycles. The van der Waals surface area contributed by atoms with Gasteiger partial charge in [-0.15, -0.1) is 0 Å². The van der Waals surface area contributed by atoms with Crippen LogP contribution in [0.4, 0.5) is 0 Å². The second-order valence-corrected chi connectivity index (χ2v) is 9.09. The molecule has 1 aliphatic rings. The Bertz CT molecular complexity index is 1060. The molecule has 0 unspecified atom stereocenters. The van der Waals surface area contributed by atoms with Crippen molar-refractivity contribution >= 4 is 32.7 Å². The van der Waals surface area contributed by atoms with E-state index in [2.05, 4.69) is 9.88 Å². The Labute approximate surface area is 163 Å². The van der Waals surface area contributed by atoms with Crippen LogP contribution in [0.15, 0.2) is 51.8 Å². The molecule has 2 aromatic carbocycles. The molecule has 8 heteroatoms. The number of benzene rings is 2. The van der Waals surface area contributed by atoms with Crippen LogP contribution >= 0.6 is 11.6 Å². The minimum Gasteiger partial charge on any atom is -0.439 e. The zero-order chi connectivity index (χ0) is 19.0. The van der Waals surface area contributed by atoms with Crippen LogP contribution in [0.2, 0.25) is 5.02 Å². The molecule has 3 aromatic rings. The Morgan fingerprint density at radius 3 is 2.48 bits per heavy atom. The molecule has 142 valence electrons. The van der Waals surface area contributed by atoms with Crippen LogP contribution in [0.5, 0.6) is 0 Å².